The van der Waals surface area contributed by atoms with Gasteiger partial charge in [-0.2, -0.15) is 0 Å². The Bertz CT molecular complexity index is 908. The highest BCUT2D eigenvalue weighted by Gasteiger charge is 2.40. The van der Waals surface area contributed by atoms with Gasteiger partial charge in [0.2, 0.25) is 11.8 Å². The van der Waals surface area contributed by atoms with Gasteiger partial charge in [0.1, 0.15) is 6.54 Å². The summed E-state index contributed by atoms with van der Waals surface area (Å²) in [7, 11) is 0. The highest BCUT2D eigenvalue weighted by atomic mass is 32.2. The van der Waals surface area contributed by atoms with Crippen LogP contribution in [0.4, 0.5) is 5.69 Å². The molecule has 2 aliphatic heterocycles. The number of fused-ring (bicyclic) bond motifs is 1. The summed E-state index contributed by atoms with van der Waals surface area (Å²) in [5.41, 5.74) is 0.693. The van der Waals surface area contributed by atoms with Gasteiger partial charge in [0.25, 0.3) is 5.91 Å². The third-order valence-electron chi connectivity index (χ3n) is 5.37. The van der Waals surface area contributed by atoms with Gasteiger partial charge in [-0.15, -0.1) is 23.1 Å². The summed E-state index contributed by atoms with van der Waals surface area (Å²) >= 11 is 2.88. The highest BCUT2D eigenvalue weighted by molar-refractivity contribution is 8.01. The van der Waals surface area contributed by atoms with Crippen molar-refractivity contribution in [2.45, 2.75) is 42.4 Å². The maximum atomic E-state index is 13.3. The Hall–Kier alpha value is -2.32. The second-order valence-electron chi connectivity index (χ2n) is 7.49. The molecule has 3 heterocycles. The Morgan fingerprint density at radius 2 is 1.80 bits per heavy atom. The van der Waals surface area contributed by atoms with E-state index in [9.17, 15) is 14.4 Å². The van der Waals surface area contributed by atoms with E-state index in [1.54, 1.807) is 11.3 Å². The number of thiophene rings is 1. The quantitative estimate of drug-likeness (QED) is 0.720. The van der Waals surface area contributed by atoms with Crippen LogP contribution in [0.3, 0.4) is 0 Å². The second kappa shape index (κ2) is 9.66. The predicted octanol–water partition coefficient (Wildman–Crippen LogP) is 3.27. The van der Waals surface area contributed by atoms with Crippen LogP contribution in [0.1, 0.15) is 30.6 Å². The summed E-state index contributed by atoms with van der Waals surface area (Å²) in [4.78, 5) is 44.3. The molecule has 1 fully saturated rings. The van der Waals surface area contributed by atoms with Crippen molar-refractivity contribution in [1.82, 2.24) is 10.2 Å². The van der Waals surface area contributed by atoms with Crippen LogP contribution >= 0.6 is 23.1 Å². The number of rotatable bonds is 5. The van der Waals surface area contributed by atoms with E-state index in [2.05, 4.69) is 5.32 Å². The van der Waals surface area contributed by atoms with E-state index in [0.29, 0.717) is 25.3 Å². The van der Waals surface area contributed by atoms with Crippen LogP contribution in [0.15, 0.2) is 46.7 Å². The topological polar surface area (TPSA) is 69.7 Å². The second-order valence-corrected chi connectivity index (χ2v) is 9.66. The summed E-state index contributed by atoms with van der Waals surface area (Å²) in [6.45, 7) is 1.74. The molecule has 2 aliphatic rings. The van der Waals surface area contributed by atoms with E-state index < -0.39 is 5.25 Å². The van der Waals surface area contributed by atoms with Crippen molar-refractivity contribution in [3.05, 3.63) is 46.7 Å². The first kappa shape index (κ1) is 20.9. The molecule has 30 heavy (non-hydrogen) atoms. The minimum Gasteiger partial charge on any atom is -0.350 e. The SMILES string of the molecule is O=C(CN1C(=O)[C@H](C(=O)N2CCCCCC2)Sc2ccccc21)NCc1cccs1. The maximum absolute atomic E-state index is 13.3. The Labute approximate surface area is 184 Å². The van der Waals surface area contributed by atoms with Gasteiger partial charge in [0.15, 0.2) is 5.25 Å². The lowest BCUT2D eigenvalue weighted by atomic mass is 10.2. The number of hydrogen-bond donors (Lipinski definition) is 1. The van der Waals surface area contributed by atoms with Gasteiger partial charge in [-0.1, -0.05) is 31.0 Å². The zero-order chi connectivity index (χ0) is 20.9. The van der Waals surface area contributed by atoms with E-state index >= 15 is 0 Å². The fraction of sp³-hybridized carbons (Fsp3) is 0.409. The molecule has 0 aliphatic carbocycles. The average molecular weight is 444 g/mol. The van der Waals surface area contributed by atoms with Crippen LogP contribution in [0, 0.1) is 0 Å². The number of thioether (sulfide) groups is 1. The molecular weight excluding hydrogens is 418 g/mol. The molecule has 1 N–H and O–H groups in total. The van der Waals surface area contributed by atoms with Gasteiger partial charge < -0.3 is 15.1 Å². The van der Waals surface area contributed by atoms with E-state index in [4.69, 9.17) is 0 Å². The van der Waals surface area contributed by atoms with Crippen molar-refractivity contribution in [3.63, 3.8) is 0 Å². The first-order valence-corrected chi connectivity index (χ1v) is 12.0. The molecule has 0 spiro atoms. The number of amides is 3. The summed E-state index contributed by atoms with van der Waals surface area (Å²) in [5.74, 6) is -0.677. The molecule has 0 radical (unpaired) electrons. The van der Waals surface area contributed by atoms with Crippen LogP contribution in [0.25, 0.3) is 0 Å². The zero-order valence-electron chi connectivity index (χ0n) is 16.7. The van der Waals surface area contributed by atoms with E-state index in [-0.39, 0.29) is 24.3 Å². The summed E-state index contributed by atoms with van der Waals surface area (Å²) in [5, 5.41) is 4.00. The fourth-order valence-corrected chi connectivity index (χ4v) is 5.62. The van der Waals surface area contributed by atoms with Gasteiger partial charge in [-0.3, -0.25) is 14.4 Å². The lowest BCUT2D eigenvalue weighted by Gasteiger charge is -2.34. The van der Waals surface area contributed by atoms with Gasteiger partial charge in [-0.25, -0.2) is 0 Å². The standard InChI is InChI=1S/C22H25N3O3S2/c26-19(23-14-16-8-7-13-29-16)15-25-17-9-3-4-10-18(17)30-20(22(25)28)21(27)24-11-5-1-2-6-12-24/h3-4,7-10,13,20H,1-2,5-6,11-12,14-15H2,(H,23,26)/t20-/m0/s1. The molecule has 0 bridgehead atoms. The Kier molecular flexibility index (Phi) is 6.74. The van der Waals surface area contributed by atoms with Crippen LogP contribution in [-0.2, 0) is 20.9 Å². The Morgan fingerprint density at radius 1 is 1.03 bits per heavy atom. The third kappa shape index (κ3) is 4.70. The number of nitrogens with one attached hydrogen (secondary N) is 1. The Balaban J connectivity index is 1.50. The smallest absolute Gasteiger partial charge is 0.250 e. The van der Waals surface area contributed by atoms with Crippen molar-refractivity contribution < 1.29 is 14.4 Å². The zero-order valence-corrected chi connectivity index (χ0v) is 18.3. The minimum absolute atomic E-state index is 0.0917. The number of hydrogen-bond acceptors (Lipinski definition) is 5. The molecule has 1 aromatic heterocycles. The lowest BCUT2D eigenvalue weighted by molar-refractivity contribution is -0.135. The third-order valence-corrected chi connectivity index (χ3v) is 7.49. The average Bonchev–Trinajstić information content (AvgIpc) is 3.14. The number of anilines is 1. The summed E-state index contributed by atoms with van der Waals surface area (Å²) in [6, 6.07) is 11.4. The normalized spacial score (nSPS) is 19.2. The van der Waals surface area contributed by atoms with Crippen LogP contribution in [-0.4, -0.2) is 47.5 Å². The predicted molar refractivity (Wildman–Crippen MR) is 120 cm³/mol. The van der Waals surface area contributed by atoms with Crippen molar-refractivity contribution in [2.75, 3.05) is 24.5 Å². The van der Waals surface area contributed by atoms with Gasteiger partial charge in [0, 0.05) is 22.9 Å². The van der Waals surface area contributed by atoms with Crippen molar-refractivity contribution >= 4 is 46.5 Å². The summed E-state index contributed by atoms with van der Waals surface area (Å²) in [6.07, 6.45) is 4.19. The van der Waals surface area contributed by atoms with Crippen molar-refractivity contribution in [1.29, 1.82) is 0 Å². The number of benzene rings is 1. The minimum atomic E-state index is -0.830. The van der Waals surface area contributed by atoms with Crippen LogP contribution in [0.2, 0.25) is 0 Å². The number of nitrogens with zero attached hydrogens (tertiary/aromatic N) is 2. The largest absolute Gasteiger partial charge is 0.350 e. The molecule has 8 heteroatoms. The first-order chi connectivity index (χ1) is 14.6. The van der Waals surface area contributed by atoms with Gasteiger partial charge in [0.05, 0.1) is 12.2 Å². The fourth-order valence-electron chi connectivity index (χ4n) is 3.79. The van der Waals surface area contributed by atoms with Crippen molar-refractivity contribution in [3.8, 4) is 0 Å². The monoisotopic (exact) mass is 443 g/mol. The van der Waals surface area contributed by atoms with Crippen LogP contribution < -0.4 is 10.2 Å². The lowest BCUT2D eigenvalue weighted by Crippen LogP contribution is -2.52. The molecule has 0 saturated carbocycles. The van der Waals surface area contributed by atoms with Gasteiger partial charge in [-0.05, 0) is 36.4 Å². The molecule has 158 valence electrons. The number of carbonyl (C=O) groups is 3. The molecular formula is C22H25N3O3S2. The molecule has 2 aromatic rings. The first-order valence-electron chi connectivity index (χ1n) is 10.3. The molecule has 1 atom stereocenters. The molecule has 1 aromatic carbocycles. The van der Waals surface area contributed by atoms with E-state index in [1.807, 2.05) is 46.7 Å². The molecule has 0 unspecified atom stereocenters. The molecule has 6 nitrogen and oxygen atoms in total. The van der Waals surface area contributed by atoms with E-state index in [0.717, 1.165) is 35.5 Å². The molecule has 3 amide bonds. The van der Waals surface area contributed by atoms with Gasteiger partial charge >= 0.3 is 0 Å². The number of carbonyl (C=O) groups excluding carboxylic acids is 3. The van der Waals surface area contributed by atoms with Crippen LogP contribution in [0.5, 0.6) is 0 Å². The van der Waals surface area contributed by atoms with E-state index in [1.165, 1.54) is 16.7 Å². The number of likely N-dealkylation sites (tertiary alicyclic amines) is 1. The summed E-state index contributed by atoms with van der Waals surface area (Å²) < 4.78 is 0. The molecule has 1 saturated heterocycles. The maximum Gasteiger partial charge on any atom is 0.250 e. The molecule has 4 rings (SSSR count). The number of para-hydroxylation sites is 1. The van der Waals surface area contributed by atoms with Crippen molar-refractivity contribution in [2.24, 2.45) is 0 Å². The highest BCUT2D eigenvalue weighted by Crippen LogP contribution is 2.39. The Morgan fingerprint density at radius 3 is 2.53 bits per heavy atom.